The molecule has 1 aliphatic heterocycles. The van der Waals surface area contributed by atoms with Gasteiger partial charge in [-0.05, 0) is 30.2 Å². The number of hydrogen-bond donors (Lipinski definition) is 1. The van der Waals surface area contributed by atoms with Crippen LogP contribution >= 0.6 is 11.8 Å². The van der Waals surface area contributed by atoms with Crippen LogP contribution in [0.1, 0.15) is 20.3 Å². The van der Waals surface area contributed by atoms with Crippen LogP contribution in [0.2, 0.25) is 0 Å². The van der Waals surface area contributed by atoms with Crippen LogP contribution in [-0.4, -0.2) is 33.7 Å². The van der Waals surface area contributed by atoms with Crippen molar-refractivity contribution in [2.75, 3.05) is 11.9 Å². The second-order valence-corrected chi connectivity index (χ2v) is 8.08. The molecule has 5 nitrogen and oxygen atoms in total. The average Bonchev–Trinajstić information content (AvgIpc) is 2.93. The average molecular weight is 399 g/mol. The SMILES string of the molecule is CC(C)CN1C(=O)[C@H](CC(=O)Nc2ccccc2F)SC1=Nc1ccccc1. The van der Waals surface area contributed by atoms with Crippen LogP contribution in [0.3, 0.4) is 0 Å². The molecule has 0 unspecified atom stereocenters. The van der Waals surface area contributed by atoms with Gasteiger partial charge < -0.3 is 5.32 Å². The number of para-hydroxylation sites is 2. The Kier molecular flexibility index (Phi) is 6.46. The molecule has 2 aromatic rings. The summed E-state index contributed by atoms with van der Waals surface area (Å²) < 4.78 is 13.7. The molecule has 1 heterocycles. The van der Waals surface area contributed by atoms with Crippen LogP contribution in [0, 0.1) is 11.7 Å². The lowest BCUT2D eigenvalue weighted by Crippen LogP contribution is -2.36. The van der Waals surface area contributed by atoms with Gasteiger partial charge in [0.2, 0.25) is 11.8 Å². The van der Waals surface area contributed by atoms with Gasteiger partial charge in [-0.3, -0.25) is 14.5 Å². The quantitative estimate of drug-likeness (QED) is 0.781. The topological polar surface area (TPSA) is 61.8 Å². The minimum absolute atomic E-state index is 0.0414. The van der Waals surface area contributed by atoms with Gasteiger partial charge in [0.1, 0.15) is 11.1 Å². The van der Waals surface area contributed by atoms with Crippen LogP contribution in [0.15, 0.2) is 59.6 Å². The lowest BCUT2D eigenvalue weighted by Gasteiger charge is -2.18. The predicted octanol–water partition coefficient (Wildman–Crippen LogP) is 4.44. The molecule has 1 saturated heterocycles. The number of rotatable bonds is 6. The maximum Gasteiger partial charge on any atom is 0.242 e. The van der Waals surface area contributed by atoms with E-state index < -0.39 is 17.0 Å². The summed E-state index contributed by atoms with van der Waals surface area (Å²) >= 11 is 1.28. The molecule has 1 atom stereocenters. The van der Waals surface area contributed by atoms with E-state index in [9.17, 15) is 14.0 Å². The zero-order valence-corrected chi connectivity index (χ0v) is 16.6. The Labute approximate surface area is 168 Å². The first-order chi connectivity index (χ1) is 13.4. The number of hydrogen-bond acceptors (Lipinski definition) is 4. The lowest BCUT2D eigenvalue weighted by atomic mass is 10.2. The van der Waals surface area contributed by atoms with Crippen molar-refractivity contribution < 1.29 is 14.0 Å². The summed E-state index contributed by atoms with van der Waals surface area (Å²) in [5.41, 5.74) is 0.864. The highest BCUT2D eigenvalue weighted by Crippen LogP contribution is 2.32. The number of halogens is 1. The molecule has 2 aromatic carbocycles. The van der Waals surface area contributed by atoms with Crippen LogP contribution in [-0.2, 0) is 9.59 Å². The second kappa shape index (κ2) is 9.01. The molecule has 0 aliphatic carbocycles. The van der Waals surface area contributed by atoms with Gasteiger partial charge in [0.15, 0.2) is 5.17 Å². The highest BCUT2D eigenvalue weighted by Gasteiger charge is 2.39. The molecule has 1 aliphatic rings. The van der Waals surface area contributed by atoms with Gasteiger partial charge in [-0.2, -0.15) is 0 Å². The molecule has 0 saturated carbocycles. The van der Waals surface area contributed by atoms with Crippen molar-refractivity contribution in [2.24, 2.45) is 10.9 Å². The van der Waals surface area contributed by atoms with Gasteiger partial charge in [-0.1, -0.05) is 55.9 Å². The molecule has 7 heteroatoms. The first-order valence-electron chi connectivity index (χ1n) is 9.10. The van der Waals surface area contributed by atoms with Crippen LogP contribution in [0.4, 0.5) is 15.8 Å². The van der Waals surface area contributed by atoms with E-state index >= 15 is 0 Å². The number of nitrogens with zero attached hydrogens (tertiary/aromatic N) is 2. The van der Waals surface area contributed by atoms with Gasteiger partial charge in [0, 0.05) is 13.0 Å². The Balaban J connectivity index is 1.74. The number of aliphatic imine (C=N–C) groups is 1. The zero-order valence-electron chi connectivity index (χ0n) is 15.8. The number of amidine groups is 1. The van der Waals surface area contributed by atoms with Crippen molar-refractivity contribution in [3.63, 3.8) is 0 Å². The standard InChI is InChI=1S/C21H22FN3O2S/c1-14(2)13-25-20(27)18(28-21(25)23-15-8-4-3-5-9-15)12-19(26)24-17-11-7-6-10-16(17)22/h3-11,14,18H,12-13H2,1-2H3,(H,24,26)/t18-/m0/s1. The number of benzene rings is 2. The fourth-order valence-electron chi connectivity index (χ4n) is 2.80. The van der Waals surface area contributed by atoms with Crippen molar-refractivity contribution in [3.05, 3.63) is 60.4 Å². The molecule has 2 amide bonds. The normalized spacial score (nSPS) is 18.1. The summed E-state index contributed by atoms with van der Waals surface area (Å²) in [7, 11) is 0. The van der Waals surface area contributed by atoms with E-state index in [1.165, 1.54) is 23.9 Å². The number of thioether (sulfide) groups is 1. The van der Waals surface area contributed by atoms with Crippen molar-refractivity contribution in [1.29, 1.82) is 0 Å². The zero-order chi connectivity index (χ0) is 20.1. The fraction of sp³-hybridized carbons (Fsp3) is 0.286. The molecule has 1 N–H and O–H groups in total. The van der Waals surface area contributed by atoms with Crippen LogP contribution in [0.5, 0.6) is 0 Å². The van der Waals surface area contributed by atoms with Gasteiger partial charge in [-0.15, -0.1) is 0 Å². The molecule has 1 fully saturated rings. The maximum absolute atomic E-state index is 13.7. The largest absolute Gasteiger partial charge is 0.324 e. The van der Waals surface area contributed by atoms with Crippen LogP contribution < -0.4 is 5.32 Å². The van der Waals surface area contributed by atoms with E-state index in [-0.39, 0.29) is 23.9 Å². The Hall–Kier alpha value is -2.67. The van der Waals surface area contributed by atoms with Crippen LogP contribution in [0.25, 0.3) is 0 Å². The van der Waals surface area contributed by atoms with Crippen molar-refractivity contribution in [2.45, 2.75) is 25.5 Å². The number of anilines is 1. The van der Waals surface area contributed by atoms with Gasteiger partial charge in [0.05, 0.1) is 11.4 Å². The Morgan fingerprint density at radius 1 is 1.18 bits per heavy atom. The molecule has 0 aromatic heterocycles. The Morgan fingerprint density at radius 3 is 2.54 bits per heavy atom. The summed E-state index contributed by atoms with van der Waals surface area (Å²) in [6.45, 7) is 4.58. The molecule has 0 bridgehead atoms. The highest BCUT2D eigenvalue weighted by molar-refractivity contribution is 8.15. The monoisotopic (exact) mass is 399 g/mol. The van der Waals surface area contributed by atoms with E-state index in [1.54, 1.807) is 17.0 Å². The van der Waals surface area contributed by atoms with Crippen molar-refractivity contribution in [1.82, 2.24) is 4.90 Å². The first-order valence-corrected chi connectivity index (χ1v) is 9.98. The third kappa shape index (κ3) is 4.98. The molecule has 28 heavy (non-hydrogen) atoms. The van der Waals surface area contributed by atoms with Crippen molar-refractivity contribution >= 4 is 40.1 Å². The minimum atomic E-state index is -0.576. The Bertz CT molecular complexity index is 886. The molecular formula is C21H22FN3O2S. The van der Waals surface area contributed by atoms with E-state index in [1.807, 2.05) is 44.2 Å². The lowest BCUT2D eigenvalue weighted by molar-refractivity contribution is -0.128. The number of amides is 2. The predicted molar refractivity (Wildman–Crippen MR) is 111 cm³/mol. The molecule has 0 radical (unpaired) electrons. The first kappa shape index (κ1) is 20.1. The molecule has 3 rings (SSSR count). The van der Waals surface area contributed by atoms with E-state index in [4.69, 9.17) is 0 Å². The summed E-state index contributed by atoms with van der Waals surface area (Å²) in [6, 6.07) is 15.4. The molecule has 0 spiro atoms. The summed E-state index contributed by atoms with van der Waals surface area (Å²) in [5, 5.41) is 2.56. The summed E-state index contributed by atoms with van der Waals surface area (Å²) in [6.07, 6.45) is -0.0414. The molecule has 146 valence electrons. The number of carbonyl (C=O) groups excluding carboxylic acids is 2. The summed E-state index contributed by atoms with van der Waals surface area (Å²) in [5.74, 6) is -0.788. The van der Waals surface area contributed by atoms with Gasteiger partial charge in [0.25, 0.3) is 0 Å². The fourth-order valence-corrected chi connectivity index (χ4v) is 3.97. The van der Waals surface area contributed by atoms with E-state index in [0.717, 1.165) is 5.69 Å². The smallest absolute Gasteiger partial charge is 0.242 e. The third-order valence-electron chi connectivity index (χ3n) is 4.07. The Morgan fingerprint density at radius 2 is 1.86 bits per heavy atom. The maximum atomic E-state index is 13.7. The third-order valence-corrected chi connectivity index (χ3v) is 5.24. The number of carbonyl (C=O) groups is 2. The summed E-state index contributed by atoms with van der Waals surface area (Å²) in [4.78, 5) is 31.5. The van der Waals surface area contributed by atoms with Gasteiger partial charge in [-0.25, -0.2) is 9.38 Å². The van der Waals surface area contributed by atoms with E-state index in [0.29, 0.717) is 11.7 Å². The van der Waals surface area contributed by atoms with Crippen molar-refractivity contribution in [3.8, 4) is 0 Å². The van der Waals surface area contributed by atoms with Gasteiger partial charge >= 0.3 is 0 Å². The number of nitrogens with one attached hydrogen (secondary N) is 1. The van der Waals surface area contributed by atoms with E-state index in [2.05, 4.69) is 10.3 Å². The second-order valence-electron chi connectivity index (χ2n) is 6.91. The molecular weight excluding hydrogens is 377 g/mol. The minimum Gasteiger partial charge on any atom is -0.324 e. The highest BCUT2D eigenvalue weighted by atomic mass is 32.2.